The Morgan fingerprint density at radius 2 is 2.05 bits per heavy atom. The molecular formula is C17H23N3O2. The lowest BCUT2D eigenvalue weighted by molar-refractivity contribution is 0.291. The van der Waals surface area contributed by atoms with Gasteiger partial charge in [0.15, 0.2) is 0 Å². The third kappa shape index (κ3) is 3.54. The number of nitrogens with zero attached hydrogens (tertiary/aromatic N) is 2. The fourth-order valence-corrected chi connectivity index (χ4v) is 2.44. The van der Waals surface area contributed by atoms with Crippen molar-refractivity contribution in [3.05, 3.63) is 51.9 Å². The zero-order chi connectivity index (χ0) is 15.9. The number of aromatic nitrogens is 2. The van der Waals surface area contributed by atoms with Crippen LogP contribution < -0.4 is 5.56 Å². The number of hydrogen-bond donors (Lipinski definition) is 2. The summed E-state index contributed by atoms with van der Waals surface area (Å²) in [5.74, 6) is 0. The fraction of sp³-hybridized carbons (Fsp3) is 0.412. The maximum atomic E-state index is 12.7. The molecule has 22 heavy (non-hydrogen) atoms. The van der Waals surface area contributed by atoms with E-state index in [4.69, 9.17) is 5.11 Å². The van der Waals surface area contributed by atoms with Gasteiger partial charge in [-0.05, 0) is 31.9 Å². The van der Waals surface area contributed by atoms with Gasteiger partial charge in [-0.3, -0.25) is 14.9 Å². The van der Waals surface area contributed by atoms with Gasteiger partial charge in [0.2, 0.25) is 0 Å². The number of para-hydroxylation sites is 1. The quantitative estimate of drug-likeness (QED) is 0.608. The van der Waals surface area contributed by atoms with Crippen LogP contribution in [-0.2, 0) is 6.42 Å². The number of aromatic amines is 1. The number of nitrogens with one attached hydrogen (secondary N) is 1. The Hall–Kier alpha value is -2.14. The summed E-state index contributed by atoms with van der Waals surface area (Å²) in [5, 5.41) is 12.1. The zero-order valence-corrected chi connectivity index (χ0v) is 13.2. The van der Waals surface area contributed by atoms with E-state index in [0.717, 1.165) is 29.9 Å². The van der Waals surface area contributed by atoms with E-state index in [0.29, 0.717) is 18.5 Å². The van der Waals surface area contributed by atoms with Crippen LogP contribution >= 0.6 is 0 Å². The van der Waals surface area contributed by atoms with Gasteiger partial charge in [-0.15, -0.1) is 0 Å². The molecule has 0 saturated heterocycles. The average Bonchev–Trinajstić information content (AvgIpc) is 2.85. The van der Waals surface area contributed by atoms with Crippen LogP contribution in [-0.4, -0.2) is 33.8 Å². The van der Waals surface area contributed by atoms with Crippen LogP contribution in [0.1, 0.15) is 37.9 Å². The number of H-pyrrole nitrogens is 1. The van der Waals surface area contributed by atoms with Gasteiger partial charge in [0.1, 0.15) is 0 Å². The van der Waals surface area contributed by atoms with Crippen LogP contribution in [0.3, 0.4) is 0 Å². The lowest BCUT2D eigenvalue weighted by Gasteiger charge is -2.00. The molecule has 1 heterocycles. The molecule has 0 aliphatic heterocycles. The Morgan fingerprint density at radius 3 is 2.68 bits per heavy atom. The van der Waals surface area contributed by atoms with Gasteiger partial charge in [-0.1, -0.05) is 31.5 Å². The Balaban J connectivity index is 2.46. The smallest absolute Gasteiger partial charge is 0.280 e. The van der Waals surface area contributed by atoms with Crippen LogP contribution in [0.5, 0.6) is 0 Å². The van der Waals surface area contributed by atoms with Gasteiger partial charge in [0.05, 0.1) is 11.3 Å². The molecule has 5 nitrogen and oxygen atoms in total. The maximum absolute atomic E-state index is 12.7. The summed E-state index contributed by atoms with van der Waals surface area (Å²) < 4.78 is 1.57. The molecule has 1 aromatic carbocycles. The van der Waals surface area contributed by atoms with Gasteiger partial charge < -0.3 is 5.11 Å². The highest BCUT2D eigenvalue weighted by molar-refractivity contribution is 5.99. The van der Waals surface area contributed by atoms with E-state index in [9.17, 15) is 4.79 Å². The predicted octanol–water partition coefficient (Wildman–Crippen LogP) is 2.31. The molecule has 0 aliphatic rings. The Bertz CT molecular complexity index is 684. The summed E-state index contributed by atoms with van der Waals surface area (Å²) in [7, 11) is 0. The number of benzene rings is 1. The molecule has 0 saturated carbocycles. The first-order chi connectivity index (χ1) is 10.7. The number of aliphatic imine (C=N–C) groups is 1. The molecule has 2 rings (SSSR count). The Labute approximate surface area is 130 Å². The minimum absolute atomic E-state index is 0.0695. The SMILES string of the molecule is CCCc1[nH]n(-c2ccccc2)c(=O)c1C(C)=NCCCO. The second kappa shape index (κ2) is 7.75. The number of aryl methyl sites for hydroxylation is 1. The van der Waals surface area contributed by atoms with E-state index >= 15 is 0 Å². The first-order valence-corrected chi connectivity index (χ1v) is 7.70. The normalized spacial score (nSPS) is 11.9. The van der Waals surface area contributed by atoms with E-state index in [2.05, 4.69) is 17.0 Å². The summed E-state index contributed by atoms with van der Waals surface area (Å²) in [6, 6.07) is 9.53. The van der Waals surface area contributed by atoms with Crippen LogP contribution in [0.25, 0.3) is 5.69 Å². The van der Waals surface area contributed by atoms with Crippen molar-refractivity contribution in [1.29, 1.82) is 0 Å². The van der Waals surface area contributed by atoms with Crippen LogP contribution in [0.15, 0.2) is 40.1 Å². The standard InChI is InChI=1S/C17H23N3O2/c1-3-8-15-16(13(2)18-11-7-12-21)17(22)20(19-15)14-9-5-4-6-10-14/h4-6,9-10,19,21H,3,7-8,11-12H2,1-2H3. The average molecular weight is 301 g/mol. The van der Waals surface area contributed by atoms with E-state index in [1.165, 1.54) is 0 Å². The van der Waals surface area contributed by atoms with E-state index in [-0.39, 0.29) is 12.2 Å². The third-order valence-electron chi connectivity index (χ3n) is 3.51. The van der Waals surface area contributed by atoms with Crippen LogP contribution in [0.4, 0.5) is 0 Å². The van der Waals surface area contributed by atoms with Crippen molar-refractivity contribution in [2.75, 3.05) is 13.2 Å². The van der Waals surface area contributed by atoms with Crippen molar-refractivity contribution in [2.45, 2.75) is 33.1 Å². The summed E-state index contributed by atoms with van der Waals surface area (Å²) in [4.78, 5) is 17.2. The van der Waals surface area contributed by atoms with Gasteiger partial charge >= 0.3 is 0 Å². The summed E-state index contributed by atoms with van der Waals surface area (Å²) in [6.07, 6.45) is 2.36. The molecular weight excluding hydrogens is 278 g/mol. The molecule has 0 unspecified atom stereocenters. The van der Waals surface area contributed by atoms with Crippen molar-refractivity contribution in [2.24, 2.45) is 4.99 Å². The molecule has 0 bridgehead atoms. The fourth-order valence-electron chi connectivity index (χ4n) is 2.44. The zero-order valence-electron chi connectivity index (χ0n) is 13.2. The first-order valence-electron chi connectivity index (χ1n) is 7.70. The molecule has 0 amide bonds. The molecule has 0 fully saturated rings. The number of hydrogen-bond acceptors (Lipinski definition) is 3. The van der Waals surface area contributed by atoms with E-state index in [1.54, 1.807) is 4.68 Å². The molecule has 0 spiro atoms. The van der Waals surface area contributed by atoms with Crippen LogP contribution in [0, 0.1) is 0 Å². The predicted molar refractivity (Wildman–Crippen MR) is 89.2 cm³/mol. The third-order valence-corrected chi connectivity index (χ3v) is 3.51. The molecule has 0 radical (unpaired) electrons. The highest BCUT2D eigenvalue weighted by atomic mass is 16.3. The molecule has 0 aliphatic carbocycles. The highest BCUT2D eigenvalue weighted by Crippen LogP contribution is 2.11. The van der Waals surface area contributed by atoms with Crippen molar-refractivity contribution in [3.63, 3.8) is 0 Å². The number of rotatable bonds is 7. The van der Waals surface area contributed by atoms with Crippen molar-refractivity contribution < 1.29 is 5.11 Å². The van der Waals surface area contributed by atoms with Crippen molar-refractivity contribution in [3.8, 4) is 5.69 Å². The van der Waals surface area contributed by atoms with Gasteiger partial charge in [-0.25, -0.2) is 4.68 Å². The minimum atomic E-state index is -0.0695. The lowest BCUT2D eigenvalue weighted by Crippen LogP contribution is -2.20. The van der Waals surface area contributed by atoms with Gasteiger partial charge in [0, 0.05) is 24.6 Å². The first kappa shape index (κ1) is 16.2. The van der Waals surface area contributed by atoms with Gasteiger partial charge in [-0.2, -0.15) is 0 Å². The molecule has 118 valence electrons. The molecule has 2 aromatic rings. The largest absolute Gasteiger partial charge is 0.396 e. The van der Waals surface area contributed by atoms with E-state index in [1.807, 2.05) is 37.3 Å². The monoisotopic (exact) mass is 301 g/mol. The highest BCUT2D eigenvalue weighted by Gasteiger charge is 2.16. The van der Waals surface area contributed by atoms with Gasteiger partial charge in [0.25, 0.3) is 5.56 Å². The number of aliphatic hydroxyl groups is 1. The van der Waals surface area contributed by atoms with E-state index < -0.39 is 0 Å². The second-order valence-electron chi connectivity index (χ2n) is 5.24. The minimum Gasteiger partial charge on any atom is -0.396 e. The molecule has 5 heteroatoms. The summed E-state index contributed by atoms with van der Waals surface area (Å²) in [5.41, 5.74) is 3.05. The second-order valence-corrected chi connectivity index (χ2v) is 5.24. The molecule has 1 aromatic heterocycles. The Kier molecular flexibility index (Phi) is 5.72. The maximum Gasteiger partial charge on any atom is 0.280 e. The summed E-state index contributed by atoms with van der Waals surface area (Å²) >= 11 is 0. The molecule has 0 atom stereocenters. The lowest BCUT2D eigenvalue weighted by atomic mass is 10.1. The topological polar surface area (TPSA) is 70.4 Å². The van der Waals surface area contributed by atoms with Crippen molar-refractivity contribution in [1.82, 2.24) is 9.78 Å². The molecule has 2 N–H and O–H groups in total. The summed E-state index contributed by atoms with van der Waals surface area (Å²) in [6.45, 7) is 4.58. The Morgan fingerprint density at radius 1 is 1.32 bits per heavy atom. The van der Waals surface area contributed by atoms with Crippen LogP contribution in [0.2, 0.25) is 0 Å². The van der Waals surface area contributed by atoms with Crippen molar-refractivity contribution >= 4 is 5.71 Å². The number of aliphatic hydroxyl groups excluding tert-OH is 1.